The third-order valence-electron chi connectivity index (χ3n) is 5.16. The van der Waals surface area contributed by atoms with Crippen molar-refractivity contribution in [3.63, 3.8) is 0 Å². The van der Waals surface area contributed by atoms with E-state index in [9.17, 15) is 17.6 Å². The van der Waals surface area contributed by atoms with Gasteiger partial charge in [-0.2, -0.15) is 4.31 Å². The van der Waals surface area contributed by atoms with Gasteiger partial charge in [0.15, 0.2) is 0 Å². The van der Waals surface area contributed by atoms with Crippen molar-refractivity contribution >= 4 is 33.0 Å². The SMILES string of the molecule is Cc1ccccc1S(=O)(=O)N1CCC[C@@H](c2nnc(C(=O)Nc3cccc(F)c3)s2)C1. The summed E-state index contributed by atoms with van der Waals surface area (Å²) in [5.41, 5.74) is 1.03. The van der Waals surface area contributed by atoms with Crippen molar-refractivity contribution in [2.75, 3.05) is 18.4 Å². The molecular weight excluding hydrogens is 439 g/mol. The minimum Gasteiger partial charge on any atom is -0.320 e. The van der Waals surface area contributed by atoms with Gasteiger partial charge in [0.05, 0.1) is 4.90 Å². The topological polar surface area (TPSA) is 92.3 Å². The first-order valence-electron chi connectivity index (χ1n) is 9.80. The molecule has 1 aromatic heterocycles. The van der Waals surface area contributed by atoms with Crippen LogP contribution >= 0.6 is 11.3 Å². The molecule has 1 N–H and O–H groups in total. The van der Waals surface area contributed by atoms with Crippen molar-refractivity contribution in [1.82, 2.24) is 14.5 Å². The van der Waals surface area contributed by atoms with E-state index >= 15 is 0 Å². The van der Waals surface area contributed by atoms with E-state index in [4.69, 9.17) is 0 Å². The lowest BCUT2D eigenvalue weighted by Gasteiger charge is -2.31. The summed E-state index contributed by atoms with van der Waals surface area (Å²) >= 11 is 1.13. The van der Waals surface area contributed by atoms with E-state index < -0.39 is 21.7 Å². The van der Waals surface area contributed by atoms with E-state index in [-0.39, 0.29) is 17.5 Å². The summed E-state index contributed by atoms with van der Waals surface area (Å²) in [5, 5.41) is 11.5. The third-order valence-corrected chi connectivity index (χ3v) is 8.27. The molecule has 3 aromatic rings. The second-order valence-corrected chi connectivity index (χ2v) is 10.3. The first-order valence-corrected chi connectivity index (χ1v) is 12.1. The van der Waals surface area contributed by atoms with Crippen LogP contribution in [0.3, 0.4) is 0 Å². The summed E-state index contributed by atoms with van der Waals surface area (Å²) in [6, 6.07) is 12.5. The maximum Gasteiger partial charge on any atom is 0.286 e. The predicted octanol–water partition coefficient (Wildman–Crippen LogP) is 3.81. The van der Waals surface area contributed by atoms with Gasteiger partial charge in [0.25, 0.3) is 5.91 Å². The molecule has 0 saturated carbocycles. The van der Waals surface area contributed by atoms with E-state index in [2.05, 4.69) is 15.5 Å². The summed E-state index contributed by atoms with van der Waals surface area (Å²) in [6.07, 6.45) is 1.46. The zero-order valence-electron chi connectivity index (χ0n) is 16.8. The molecule has 1 atom stereocenters. The molecule has 31 heavy (non-hydrogen) atoms. The molecule has 1 aliphatic heterocycles. The smallest absolute Gasteiger partial charge is 0.286 e. The lowest BCUT2D eigenvalue weighted by molar-refractivity contribution is 0.102. The van der Waals surface area contributed by atoms with Gasteiger partial charge in [-0.1, -0.05) is 35.6 Å². The molecule has 1 fully saturated rings. The first-order chi connectivity index (χ1) is 14.8. The van der Waals surface area contributed by atoms with Gasteiger partial charge in [0, 0.05) is 24.7 Å². The largest absolute Gasteiger partial charge is 0.320 e. The summed E-state index contributed by atoms with van der Waals surface area (Å²) in [7, 11) is -3.61. The number of hydrogen-bond donors (Lipinski definition) is 1. The molecule has 2 aromatic carbocycles. The number of hydrogen-bond acceptors (Lipinski definition) is 6. The standard InChI is InChI=1S/C21H21FN4O3S2/c1-14-6-2-3-10-18(14)31(28,29)26-11-5-7-15(13-26)20-24-25-21(30-20)19(27)23-17-9-4-8-16(22)12-17/h2-4,6,8-10,12,15H,5,7,11,13H2,1H3,(H,23,27)/t15-/m1/s1. The summed E-state index contributed by atoms with van der Waals surface area (Å²) in [6.45, 7) is 2.51. The highest BCUT2D eigenvalue weighted by atomic mass is 32.2. The number of amides is 1. The Balaban J connectivity index is 1.49. The Labute approximate surface area is 184 Å². The van der Waals surface area contributed by atoms with Crippen LogP contribution in [0.5, 0.6) is 0 Å². The van der Waals surface area contributed by atoms with Crippen LogP contribution in [0.15, 0.2) is 53.4 Å². The second kappa shape index (κ2) is 8.81. The molecule has 0 aliphatic carbocycles. The highest BCUT2D eigenvalue weighted by Crippen LogP contribution is 2.32. The van der Waals surface area contributed by atoms with Gasteiger partial charge in [-0.3, -0.25) is 4.79 Å². The Hall–Kier alpha value is -2.69. The number of anilines is 1. The Morgan fingerprint density at radius 1 is 1.19 bits per heavy atom. The fourth-order valence-corrected chi connectivity index (χ4v) is 6.20. The minimum atomic E-state index is -3.61. The highest BCUT2D eigenvalue weighted by Gasteiger charge is 2.33. The van der Waals surface area contributed by atoms with Crippen LogP contribution in [0, 0.1) is 12.7 Å². The number of aromatic nitrogens is 2. The molecule has 0 unspecified atom stereocenters. The van der Waals surface area contributed by atoms with Crippen LogP contribution in [-0.4, -0.2) is 41.9 Å². The van der Waals surface area contributed by atoms with Crippen LogP contribution in [0.4, 0.5) is 10.1 Å². The lowest BCUT2D eigenvalue weighted by atomic mass is 10.0. The fourth-order valence-electron chi connectivity index (χ4n) is 3.59. The molecular formula is C21H21FN4O3S2. The van der Waals surface area contributed by atoms with Crippen molar-refractivity contribution in [2.24, 2.45) is 0 Å². The molecule has 2 heterocycles. The quantitative estimate of drug-likeness (QED) is 0.625. The maximum absolute atomic E-state index is 13.3. The van der Waals surface area contributed by atoms with Crippen molar-refractivity contribution in [2.45, 2.75) is 30.6 Å². The molecule has 1 saturated heterocycles. The molecule has 1 aliphatic rings. The number of halogens is 1. The molecule has 0 radical (unpaired) electrons. The van der Waals surface area contributed by atoms with Crippen molar-refractivity contribution in [1.29, 1.82) is 0 Å². The van der Waals surface area contributed by atoms with Crippen LogP contribution in [0.1, 0.15) is 39.1 Å². The second-order valence-electron chi connectivity index (χ2n) is 7.38. The monoisotopic (exact) mass is 460 g/mol. The van der Waals surface area contributed by atoms with E-state index in [1.54, 1.807) is 31.2 Å². The van der Waals surface area contributed by atoms with E-state index in [0.29, 0.717) is 34.1 Å². The molecule has 7 nitrogen and oxygen atoms in total. The highest BCUT2D eigenvalue weighted by molar-refractivity contribution is 7.89. The summed E-state index contributed by atoms with van der Waals surface area (Å²) in [4.78, 5) is 12.7. The molecule has 10 heteroatoms. The number of benzene rings is 2. The van der Waals surface area contributed by atoms with Gasteiger partial charge >= 0.3 is 0 Å². The van der Waals surface area contributed by atoms with Crippen LogP contribution in [0.2, 0.25) is 0 Å². The number of carbonyl (C=O) groups excluding carboxylic acids is 1. The average Bonchev–Trinajstić information content (AvgIpc) is 3.25. The average molecular weight is 461 g/mol. The van der Waals surface area contributed by atoms with Crippen LogP contribution < -0.4 is 5.32 Å². The molecule has 1 amide bonds. The normalized spacial score (nSPS) is 17.4. The summed E-state index contributed by atoms with van der Waals surface area (Å²) < 4.78 is 41.1. The Bertz CT molecular complexity index is 1210. The van der Waals surface area contributed by atoms with Gasteiger partial charge in [-0.15, -0.1) is 10.2 Å². The van der Waals surface area contributed by atoms with Crippen LogP contribution in [0.25, 0.3) is 0 Å². The number of aryl methyl sites for hydroxylation is 1. The zero-order chi connectivity index (χ0) is 22.0. The van der Waals surface area contributed by atoms with Gasteiger partial charge < -0.3 is 5.32 Å². The number of piperidine rings is 1. The first kappa shape index (κ1) is 21.5. The third kappa shape index (κ3) is 4.65. The summed E-state index contributed by atoms with van der Waals surface area (Å²) in [5.74, 6) is -1.07. The lowest BCUT2D eigenvalue weighted by Crippen LogP contribution is -2.39. The Kier molecular flexibility index (Phi) is 6.12. The molecule has 0 bridgehead atoms. The van der Waals surface area contributed by atoms with E-state index in [1.165, 1.54) is 22.5 Å². The molecule has 162 valence electrons. The number of rotatable bonds is 5. The van der Waals surface area contributed by atoms with E-state index in [0.717, 1.165) is 17.8 Å². The van der Waals surface area contributed by atoms with Gasteiger partial charge in [0.1, 0.15) is 10.8 Å². The van der Waals surface area contributed by atoms with Crippen LogP contribution in [-0.2, 0) is 10.0 Å². The van der Waals surface area contributed by atoms with E-state index in [1.807, 2.05) is 6.07 Å². The maximum atomic E-state index is 13.3. The van der Waals surface area contributed by atoms with Gasteiger partial charge in [0.2, 0.25) is 15.0 Å². The van der Waals surface area contributed by atoms with Gasteiger partial charge in [-0.25, -0.2) is 12.8 Å². The van der Waals surface area contributed by atoms with Crippen molar-refractivity contribution in [3.8, 4) is 0 Å². The fraction of sp³-hybridized carbons (Fsp3) is 0.286. The zero-order valence-corrected chi connectivity index (χ0v) is 18.4. The Morgan fingerprint density at radius 2 is 2.00 bits per heavy atom. The van der Waals surface area contributed by atoms with Gasteiger partial charge in [-0.05, 0) is 49.6 Å². The predicted molar refractivity (Wildman–Crippen MR) is 116 cm³/mol. The molecule has 4 rings (SSSR count). The minimum absolute atomic E-state index is 0.138. The number of carbonyl (C=O) groups is 1. The molecule has 0 spiro atoms. The number of sulfonamides is 1. The van der Waals surface area contributed by atoms with Crippen molar-refractivity contribution < 1.29 is 17.6 Å². The number of nitrogens with zero attached hydrogens (tertiary/aromatic N) is 3. The Morgan fingerprint density at radius 3 is 2.77 bits per heavy atom. The number of nitrogens with one attached hydrogen (secondary N) is 1. The van der Waals surface area contributed by atoms with Crippen molar-refractivity contribution in [3.05, 3.63) is 69.9 Å².